The zero-order chi connectivity index (χ0) is 9.26. The Morgan fingerprint density at radius 2 is 2.31 bits per heavy atom. The first-order valence-electron chi connectivity index (χ1n) is 4.03. The van der Waals surface area contributed by atoms with E-state index in [1.165, 1.54) is 0 Å². The van der Waals surface area contributed by atoms with E-state index in [1.54, 1.807) is 18.6 Å². The van der Waals surface area contributed by atoms with Crippen molar-refractivity contribution in [1.82, 2.24) is 15.3 Å². The van der Waals surface area contributed by atoms with E-state index in [2.05, 4.69) is 15.3 Å². The van der Waals surface area contributed by atoms with Crippen LogP contribution in [0.15, 0.2) is 24.2 Å². The Balaban J connectivity index is 2.43. The number of hydrogen-bond donors (Lipinski definition) is 1. The van der Waals surface area contributed by atoms with Crippen LogP contribution in [0.3, 0.4) is 0 Å². The van der Waals surface area contributed by atoms with Crippen LogP contribution < -0.4 is 5.32 Å². The van der Waals surface area contributed by atoms with E-state index in [0.29, 0.717) is 0 Å². The van der Waals surface area contributed by atoms with Gasteiger partial charge in [0.05, 0.1) is 18.4 Å². The SMILES string of the molecule is CC1=C(c2cnccn2)NCC1=S. The predicted octanol–water partition coefficient (Wildman–Crippen LogP) is 1.18. The molecule has 0 saturated carbocycles. The van der Waals surface area contributed by atoms with Gasteiger partial charge < -0.3 is 5.32 Å². The van der Waals surface area contributed by atoms with Gasteiger partial charge >= 0.3 is 0 Å². The minimum Gasteiger partial charge on any atom is -0.378 e. The summed E-state index contributed by atoms with van der Waals surface area (Å²) in [5.74, 6) is 0. The minimum absolute atomic E-state index is 0.743. The molecule has 66 valence electrons. The van der Waals surface area contributed by atoms with Gasteiger partial charge in [-0.05, 0) is 12.5 Å². The van der Waals surface area contributed by atoms with Gasteiger partial charge in [-0.2, -0.15) is 0 Å². The topological polar surface area (TPSA) is 37.8 Å². The van der Waals surface area contributed by atoms with Crippen LogP contribution in [0.1, 0.15) is 12.6 Å². The molecule has 0 fully saturated rings. The number of hydrogen-bond acceptors (Lipinski definition) is 4. The van der Waals surface area contributed by atoms with Crippen LogP contribution >= 0.6 is 12.2 Å². The number of aromatic nitrogens is 2. The zero-order valence-electron chi connectivity index (χ0n) is 7.24. The monoisotopic (exact) mass is 191 g/mol. The fourth-order valence-electron chi connectivity index (χ4n) is 1.28. The lowest BCUT2D eigenvalue weighted by Crippen LogP contribution is -2.10. The Bertz CT molecular complexity index is 370. The van der Waals surface area contributed by atoms with Gasteiger partial charge in [-0.15, -0.1) is 0 Å². The summed E-state index contributed by atoms with van der Waals surface area (Å²) in [6.07, 6.45) is 5.07. The molecular weight excluding hydrogens is 182 g/mol. The molecule has 1 aromatic heterocycles. The van der Waals surface area contributed by atoms with E-state index in [0.717, 1.165) is 28.4 Å². The lowest BCUT2D eigenvalue weighted by Gasteiger charge is -2.01. The molecular formula is C9H9N3S. The fraction of sp³-hybridized carbons (Fsp3) is 0.222. The Morgan fingerprint density at radius 3 is 2.85 bits per heavy atom. The number of nitrogens with zero attached hydrogens (tertiary/aromatic N) is 2. The number of thiocarbonyl (C=S) groups is 1. The minimum atomic E-state index is 0.743. The second-order valence-corrected chi connectivity index (χ2v) is 3.36. The molecule has 0 atom stereocenters. The zero-order valence-corrected chi connectivity index (χ0v) is 8.06. The number of nitrogens with one attached hydrogen (secondary N) is 1. The molecule has 0 bridgehead atoms. The van der Waals surface area contributed by atoms with Crippen molar-refractivity contribution in [3.05, 3.63) is 29.9 Å². The first kappa shape index (κ1) is 8.31. The summed E-state index contributed by atoms with van der Waals surface area (Å²) < 4.78 is 0. The van der Waals surface area contributed by atoms with Crippen molar-refractivity contribution in [3.63, 3.8) is 0 Å². The van der Waals surface area contributed by atoms with E-state index in [1.807, 2.05) is 6.92 Å². The summed E-state index contributed by atoms with van der Waals surface area (Å²) >= 11 is 5.15. The molecule has 1 aliphatic heterocycles. The van der Waals surface area contributed by atoms with E-state index in [-0.39, 0.29) is 0 Å². The standard InChI is InChI=1S/C9H9N3S/c1-6-8(13)5-12-9(6)7-4-10-2-3-11-7/h2-4,12H,5H2,1H3. The largest absolute Gasteiger partial charge is 0.378 e. The van der Waals surface area contributed by atoms with Crippen LogP contribution in [0.5, 0.6) is 0 Å². The average molecular weight is 191 g/mol. The molecule has 0 saturated heterocycles. The van der Waals surface area contributed by atoms with Crippen molar-refractivity contribution in [2.45, 2.75) is 6.92 Å². The maximum atomic E-state index is 5.15. The molecule has 0 amide bonds. The summed E-state index contributed by atoms with van der Waals surface area (Å²) in [7, 11) is 0. The van der Waals surface area contributed by atoms with Crippen molar-refractivity contribution in [2.75, 3.05) is 6.54 Å². The summed E-state index contributed by atoms with van der Waals surface area (Å²) in [6.45, 7) is 2.75. The second-order valence-electron chi connectivity index (χ2n) is 2.87. The van der Waals surface area contributed by atoms with Crippen LogP contribution in [-0.2, 0) is 0 Å². The molecule has 0 unspecified atom stereocenters. The highest BCUT2D eigenvalue weighted by molar-refractivity contribution is 7.81. The summed E-state index contributed by atoms with van der Waals surface area (Å²) in [6, 6.07) is 0. The molecule has 1 aliphatic rings. The van der Waals surface area contributed by atoms with Gasteiger partial charge in [-0.3, -0.25) is 9.97 Å². The summed E-state index contributed by atoms with van der Waals surface area (Å²) in [5, 5.41) is 3.21. The van der Waals surface area contributed by atoms with Crippen molar-refractivity contribution < 1.29 is 0 Å². The smallest absolute Gasteiger partial charge is 0.105 e. The third kappa shape index (κ3) is 1.45. The van der Waals surface area contributed by atoms with Crippen molar-refractivity contribution in [1.29, 1.82) is 0 Å². The van der Waals surface area contributed by atoms with Gasteiger partial charge in [0.15, 0.2) is 0 Å². The number of rotatable bonds is 1. The average Bonchev–Trinajstić information content (AvgIpc) is 2.49. The van der Waals surface area contributed by atoms with Crippen LogP contribution in [0.25, 0.3) is 5.70 Å². The Kier molecular flexibility index (Phi) is 2.06. The molecule has 0 aliphatic carbocycles. The highest BCUT2D eigenvalue weighted by Crippen LogP contribution is 2.18. The van der Waals surface area contributed by atoms with Crippen LogP contribution in [0.2, 0.25) is 0 Å². The molecule has 2 heterocycles. The third-order valence-corrected chi connectivity index (χ3v) is 2.49. The first-order chi connectivity index (χ1) is 6.29. The molecule has 1 N–H and O–H groups in total. The van der Waals surface area contributed by atoms with Crippen molar-refractivity contribution in [2.24, 2.45) is 0 Å². The van der Waals surface area contributed by atoms with Crippen molar-refractivity contribution >= 4 is 22.8 Å². The molecule has 13 heavy (non-hydrogen) atoms. The van der Waals surface area contributed by atoms with Crippen LogP contribution in [0.4, 0.5) is 0 Å². The molecule has 1 aromatic rings. The van der Waals surface area contributed by atoms with Gasteiger partial charge in [0.2, 0.25) is 0 Å². The highest BCUT2D eigenvalue weighted by atomic mass is 32.1. The summed E-state index contributed by atoms with van der Waals surface area (Å²) in [4.78, 5) is 9.17. The summed E-state index contributed by atoms with van der Waals surface area (Å²) in [5.41, 5.74) is 2.98. The van der Waals surface area contributed by atoms with E-state index >= 15 is 0 Å². The highest BCUT2D eigenvalue weighted by Gasteiger charge is 2.17. The normalized spacial score (nSPS) is 16.2. The van der Waals surface area contributed by atoms with E-state index in [4.69, 9.17) is 12.2 Å². The Labute approximate surface area is 81.9 Å². The van der Waals surface area contributed by atoms with E-state index in [9.17, 15) is 0 Å². The first-order valence-corrected chi connectivity index (χ1v) is 4.44. The van der Waals surface area contributed by atoms with Crippen LogP contribution in [0, 0.1) is 0 Å². The third-order valence-electron chi connectivity index (χ3n) is 2.04. The predicted molar refractivity (Wildman–Crippen MR) is 55.2 cm³/mol. The lowest BCUT2D eigenvalue weighted by molar-refractivity contribution is 1.04. The quantitative estimate of drug-likeness (QED) is 0.676. The molecule has 0 aromatic carbocycles. The van der Waals surface area contributed by atoms with Crippen molar-refractivity contribution in [3.8, 4) is 0 Å². The molecule has 4 heteroatoms. The maximum Gasteiger partial charge on any atom is 0.105 e. The maximum absolute atomic E-state index is 5.15. The van der Waals surface area contributed by atoms with E-state index < -0.39 is 0 Å². The van der Waals surface area contributed by atoms with Crippen LogP contribution in [-0.4, -0.2) is 21.4 Å². The molecule has 0 radical (unpaired) electrons. The Morgan fingerprint density at radius 1 is 1.46 bits per heavy atom. The molecule has 0 spiro atoms. The van der Waals surface area contributed by atoms with Gasteiger partial charge in [-0.25, -0.2) is 0 Å². The van der Waals surface area contributed by atoms with Gasteiger partial charge in [0, 0.05) is 17.3 Å². The molecule has 3 nitrogen and oxygen atoms in total. The second kappa shape index (κ2) is 3.22. The fourth-order valence-corrected chi connectivity index (χ4v) is 1.46. The van der Waals surface area contributed by atoms with Gasteiger partial charge in [0.1, 0.15) is 5.69 Å². The van der Waals surface area contributed by atoms with Gasteiger partial charge in [0.25, 0.3) is 0 Å². The lowest BCUT2D eigenvalue weighted by atomic mass is 10.2. The molecule has 2 rings (SSSR count). The Hall–Kier alpha value is -1.29. The van der Waals surface area contributed by atoms with Gasteiger partial charge in [-0.1, -0.05) is 12.2 Å².